The number of carbonyl (C=O) groups excluding carboxylic acids is 1. The maximum atomic E-state index is 11.0. The van der Waals surface area contributed by atoms with E-state index in [0.29, 0.717) is 6.54 Å². The van der Waals surface area contributed by atoms with Gasteiger partial charge in [-0.05, 0) is 6.92 Å². The fourth-order valence-corrected chi connectivity index (χ4v) is 0.886. The summed E-state index contributed by atoms with van der Waals surface area (Å²) in [5, 5.41) is 22.8. The molecule has 4 N–H and O–H groups in total. The lowest BCUT2D eigenvalue weighted by molar-refractivity contribution is -0.141. The van der Waals surface area contributed by atoms with Gasteiger partial charge in [0.25, 0.3) is 0 Å². The second-order valence-corrected chi connectivity index (χ2v) is 3.42. The van der Waals surface area contributed by atoms with Gasteiger partial charge < -0.3 is 20.8 Å². The molecule has 0 aliphatic heterocycles. The fourth-order valence-electron chi connectivity index (χ4n) is 0.886. The predicted octanol–water partition coefficient (Wildman–Crippen LogP) is -0.303. The van der Waals surface area contributed by atoms with Crippen LogP contribution in [0.2, 0.25) is 0 Å². The van der Waals surface area contributed by atoms with Crippen LogP contribution >= 0.6 is 0 Å². The summed E-state index contributed by atoms with van der Waals surface area (Å²) < 4.78 is 0. The molecule has 1 atom stereocenters. The van der Waals surface area contributed by atoms with E-state index >= 15 is 0 Å². The molecule has 0 radical (unpaired) electrons. The average Bonchev–Trinajstić information content (AvgIpc) is 2.09. The molecule has 6 heteroatoms. The molecule has 2 amide bonds. The van der Waals surface area contributed by atoms with Gasteiger partial charge >= 0.3 is 12.0 Å². The van der Waals surface area contributed by atoms with Gasteiger partial charge in [0.1, 0.15) is 0 Å². The molecule has 6 nitrogen and oxygen atoms in total. The van der Waals surface area contributed by atoms with Crippen molar-refractivity contribution in [2.45, 2.75) is 18.9 Å². The number of hydrogen-bond donors (Lipinski definition) is 4. The van der Waals surface area contributed by atoms with Crippen molar-refractivity contribution in [3.63, 3.8) is 0 Å². The molecule has 0 aromatic rings. The largest absolute Gasteiger partial charge is 0.481 e. The Bertz CT molecular complexity index is 250. The van der Waals surface area contributed by atoms with Crippen LogP contribution in [0, 0.1) is 0 Å². The van der Waals surface area contributed by atoms with Gasteiger partial charge in [-0.25, -0.2) is 4.79 Å². The Kier molecular flexibility index (Phi) is 5.40. The van der Waals surface area contributed by atoms with Crippen molar-refractivity contribution in [1.29, 1.82) is 0 Å². The molecule has 0 heterocycles. The van der Waals surface area contributed by atoms with Gasteiger partial charge in [0.2, 0.25) is 0 Å². The molecule has 0 fully saturated rings. The number of rotatable bonds is 6. The van der Waals surface area contributed by atoms with E-state index in [9.17, 15) is 14.7 Å². The highest BCUT2D eigenvalue weighted by Gasteiger charge is 2.24. The summed E-state index contributed by atoms with van der Waals surface area (Å²) in [6.45, 7) is 4.94. The third kappa shape index (κ3) is 7.51. The maximum Gasteiger partial charge on any atom is 0.315 e. The highest BCUT2D eigenvalue weighted by atomic mass is 16.4. The van der Waals surface area contributed by atoms with Crippen LogP contribution in [-0.4, -0.2) is 40.9 Å². The van der Waals surface area contributed by atoms with Crippen LogP contribution in [0.1, 0.15) is 13.3 Å². The van der Waals surface area contributed by atoms with Gasteiger partial charge in [-0.1, -0.05) is 6.08 Å². The molecule has 0 aromatic heterocycles. The van der Waals surface area contributed by atoms with Crippen LogP contribution in [0.5, 0.6) is 0 Å². The molecule has 0 rings (SSSR count). The highest BCUT2D eigenvalue weighted by Crippen LogP contribution is 2.06. The number of aliphatic hydroxyl groups is 1. The number of carbonyl (C=O) groups is 2. The van der Waals surface area contributed by atoms with Crippen molar-refractivity contribution in [3.05, 3.63) is 12.7 Å². The Morgan fingerprint density at radius 1 is 1.47 bits per heavy atom. The predicted molar refractivity (Wildman–Crippen MR) is 54.5 cm³/mol. The summed E-state index contributed by atoms with van der Waals surface area (Å²) in [6.07, 6.45) is 1.09. The van der Waals surface area contributed by atoms with E-state index in [2.05, 4.69) is 17.2 Å². The molecule has 86 valence electrons. The third-order valence-corrected chi connectivity index (χ3v) is 1.57. The molecule has 0 spiro atoms. The van der Waals surface area contributed by atoms with Gasteiger partial charge in [-0.2, -0.15) is 0 Å². The van der Waals surface area contributed by atoms with Crippen molar-refractivity contribution in [1.82, 2.24) is 10.6 Å². The van der Waals surface area contributed by atoms with Gasteiger partial charge in [0.05, 0.1) is 12.0 Å². The normalized spacial score (nSPS) is 13.7. The third-order valence-electron chi connectivity index (χ3n) is 1.57. The fraction of sp³-hybridized carbons (Fsp3) is 0.556. The zero-order valence-corrected chi connectivity index (χ0v) is 8.62. The quantitative estimate of drug-likeness (QED) is 0.458. The monoisotopic (exact) mass is 216 g/mol. The van der Waals surface area contributed by atoms with Gasteiger partial charge in [0, 0.05) is 13.1 Å². The second kappa shape index (κ2) is 6.02. The molecule has 0 saturated heterocycles. The van der Waals surface area contributed by atoms with Crippen molar-refractivity contribution in [2.75, 3.05) is 13.1 Å². The molecule has 1 unspecified atom stereocenters. The summed E-state index contributed by atoms with van der Waals surface area (Å²) >= 11 is 0. The van der Waals surface area contributed by atoms with E-state index in [0.717, 1.165) is 0 Å². The van der Waals surface area contributed by atoms with Crippen LogP contribution in [0.25, 0.3) is 0 Å². The number of hydrogen-bond acceptors (Lipinski definition) is 3. The lowest BCUT2D eigenvalue weighted by Crippen LogP contribution is -2.45. The smallest absolute Gasteiger partial charge is 0.315 e. The Hall–Kier alpha value is -1.56. The average molecular weight is 216 g/mol. The first-order valence-electron chi connectivity index (χ1n) is 4.44. The van der Waals surface area contributed by atoms with Crippen LogP contribution in [-0.2, 0) is 4.79 Å². The number of aliphatic carboxylic acids is 1. The standard InChI is InChI=1S/C9H16N2O4/c1-3-4-10-8(14)11-6-9(2,15)5-7(12)13/h3,15H,1,4-6H2,2H3,(H,12,13)(H2,10,11,14). The second-order valence-electron chi connectivity index (χ2n) is 3.42. The molecule has 0 aromatic carbocycles. The number of urea groups is 1. The Labute approximate surface area is 88.0 Å². The van der Waals surface area contributed by atoms with E-state index in [-0.39, 0.29) is 6.54 Å². The van der Waals surface area contributed by atoms with Crippen LogP contribution in [0.15, 0.2) is 12.7 Å². The zero-order chi connectivity index (χ0) is 11.9. The molecular formula is C9H16N2O4. The Balaban J connectivity index is 3.86. The number of amides is 2. The topological polar surface area (TPSA) is 98.7 Å². The summed E-state index contributed by atoms with van der Waals surface area (Å²) in [5.74, 6) is -1.12. The molecule has 15 heavy (non-hydrogen) atoms. The first-order valence-corrected chi connectivity index (χ1v) is 4.44. The summed E-state index contributed by atoms with van der Waals surface area (Å²) in [5.41, 5.74) is -1.45. The minimum Gasteiger partial charge on any atom is -0.481 e. The van der Waals surface area contributed by atoms with Crippen molar-refractivity contribution in [3.8, 4) is 0 Å². The van der Waals surface area contributed by atoms with Crippen LogP contribution in [0.4, 0.5) is 4.79 Å². The van der Waals surface area contributed by atoms with E-state index in [4.69, 9.17) is 5.11 Å². The molecule has 0 bridgehead atoms. The van der Waals surface area contributed by atoms with Gasteiger partial charge in [-0.15, -0.1) is 6.58 Å². The van der Waals surface area contributed by atoms with E-state index in [1.54, 1.807) is 0 Å². The van der Waals surface area contributed by atoms with E-state index < -0.39 is 24.0 Å². The van der Waals surface area contributed by atoms with Gasteiger partial charge in [0.15, 0.2) is 0 Å². The highest BCUT2D eigenvalue weighted by molar-refractivity contribution is 5.74. The van der Waals surface area contributed by atoms with E-state index in [1.807, 2.05) is 0 Å². The minimum atomic E-state index is -1.45. The SMILES string of the molecule is C=CCNC(=O)NCC(C)(O)CC(=O)O. The van der Waals surface area contributed by atoms with Crippen molar-refractivity contribution < 1.29 is 19.8 Å². The summed E-state index contributed by atoms with van der Waals surface area (Å²) in [4.78, 5) is 21.3. The Morgan fingerprint density at radius 3 is 2.53 bits per heavy atom. The number of carboxylic acid groups (broad SMARTS) is 1. The number of nitrogens with one attached hydrogen (secondary N) is 2. The summed E-state index contributed by atoms with van der Waals surface area (Å²) in [6, 6.07) is -0.472. The van der Waals surface area contributed by atoms with Crippen molar-refractivity contribution >= 4 is 12.0 Å². The Morgan fingerprint density at radius 2 is 2.07 bits per heavy atom. The molecule has 0 aliphatic carbocycles. The van der Waals surface area contributed by atoms with Crippen molar-refractivity contribution in [2.24, 2.45) is 0 Å². The molecule has 0 aliphatic rings. The summed E-state index contributed by atoms with van der Waals surface area (Å²) in [7, 11) is 0. The first-order chi connectivity index (χ1) is 6.87. The minimum absolute atomic E-state index is 0.123. The molecular weight excluding hydrogens is 200 g/mol. The van der Waals surface area contributed by atoms with Gasteiger partial charge in [-0.3, -0.25) is 4.79 Å². The first kappa shape index (κ1) is 13.4. The van der Waals surface area contributed by atoms with Crippen LogP contribution in [0.3, 0.4) is 0 Å². The lowest BCUT2D eigenvalue weighted by atomic mass is 10.0. The zero-order valence-electron chi connectivity index (χ0n) is 8.62. The van der Waals surface area contributed by atoms with E-state index in [1.165, 1.54) is 13.0 Å². The lowest BCUT2D eigenvalue weighted by Gasteiger charge is -2.21. The molecule has 0 saturated carbocycles. The number of carboxylic acids is 1. The maximum absolute atomic E-state index is 11.0. The van der Waals surface area contributed by atoms with Crippen LogP contribution < -0.4 is 10.6 Å².